The molecule has 0 spiro atoms. The van der Waals surface area contributed by atoms with Crippen molar-refractivity contribution >= 4 is 21.7 Å². The topological polar surface area (TPSA) is 29.5 Å². The second kappa shape index (κ2) is 5.86. The Labute approximate surface area is 129 Å². The highest BCUT2D eigenvalue weighted by Gasteiger charge is 2.34. The van der Waals surface area contributed by atoms with Crippen LogP contribution in [0.2, 0.25) is 0 Å². The van der Waals surface area contributed by atoms with E-state index < -0.39 is 5.54 Å². The highest BCUT2D eigenvalue weighted by Crippen LogP contribution is 2.34. The lowest BCUT2D eigenvalue weighted by Crippen LogP contribution is -2.48. The Bertz CT molecular complexity index is 527. The normalized spacial score (nSPS) is 16.7. The molecule has 0 fully saturated rings. The van der Waals surface area contributed by atoms with Crippen LogP contribution in [0.3, 0.4) is 0 Å². The van der Waals surface area contributed by atoms with Gasteiger partial charge in [-0.3, -0.25) is 9.69 Å². The van der Waals surface area contributed by atoms with Crippen molar-refractivity contribution in [2.24, 2.45) is 0 Å². The predicted molar refractivity (Wildman–Crippen MR) is 84.4 cm³/mol. The van der Waals surface area contributed by atoms with Crippen molar-refractivity contribution in [1.82, 2.24) is 4.90 Å². The zero-order valence-electron chi connectivity index (χ0n) is 12.6. The van der Waals surface area contributed by atoms with Gasteiger partial charge in [-0.1, -0.05) is 22.9 Å². The van der Waals surface area contributed by atoms with E-state index in [2.05, 4.69) is 28.9 Å². The third-order valence-corrected chi connectivity index (χ3v) is 4.91. The zero-order chi connectivity index (χ0) is 14.9. The highest BCUT2D eigenvalue weighted by atomic mass is 79.9. The summed E-state index contributed by atoms with van der Waals surface area (Å²) in [5.41, 5.74) is 1.77. The monoisotopic (exact) mass is 339 g/mol. The minimum Gasteiger partial charge on any atom is -0.493 e. The van der Waals surface area contributed by atoms with Gasteiger partial charge in [-0.2, -0.15) is 0 Å². The van der Waals surface area contributed by atoms with Gasteiger partial charge in [0.2, 0.25) is 0 Å². The molecule has 0 bridgehead atoms. The molecule has 0 saturated carbocycles. The molecule has 3 nitrogen and oxygen atoms in total. The van der Waals surface area contributed by atoms with Crippen LogP contribution in [0.5, 0.6) is 5.75 Å². The van der Waals surface area contributed by atoms with Gasteiger partial charge < -0.3 is 4.74 Å². The number of benzene rings is 1. The standard InChI is InChI=1S/C16H22BrNO2/c1-5-16(2,18(3)4)14(19)10-12-9-13(17)8-11-6-7-20-15(11)12/h8-9H,5-7,10H2,1-4H3. The summed E-state index contributed by atoms with van der Waals surface area (Å²) in [4.78, 5) is 14.7. The first-order valence-electron chi connectivity index (χ1n) is 7.03. The summed E-state index contributed by atoms with van der Waals surface area (Å²) in [7, 11) is 3.92. The Morgan fingerprint density at radius 2 is 2.15 bits per heavy atom. The Morgan fingerprint density at radius 3 is 2.75 bits per heavy atom. The van der Waals surface area contributed by atoms with Gasteiger partial charge in [0.05, 0.1) is 12.1 Å². The van der Waals surface area contributed by atoms with Gasteiger partial charge in [0, 0.05) is 22.9 Å². The van der Waals surface area contributed by atoms with Crippen molar-refractivity contribution in [3.63, 3.8) is 0 Å². The molecule has 4 heteroatoms. The van der Waals surface area contributed by atoms with E-state index in [-0.39, 0.29) is 5.78 Å². The van der Waals surface area contributed by atoms with E-state index in [1.165, 1.54) is 5.56 Å². The maximum Gasteiger partial charge on any atom is 0.157 e. The van der Waals surface area contributed by atoms with Gasteiger partial charge in [-0.15, -0.1) is 0 Å². The summed E-state index contributed by atoms with van der Waals surface area (Å²) in [6.45, 7) is 4.78. The maximum atomic E-state index is 12.7. The molecule has 1 aliphatic rings. The van der Waals surface area contributed by atoms with Crippen molar-refractivity contribution in [3.8, 4) is 5.75 Å². The second-order valence-corrected chi connectivity index (χ2v) is 6.69. The number of likely N-dealkylation sites (N-methyl/N-ethyl adjacent to an activating group) is 1. The molecule has 1 unspecified atom stereocenters. The van der Waals surface area contributed by atoms with Crippen molar-refractivity contribution in [2.75, 3.05) is 20.7 Å². The van der Waals surface area contributed by atoms with Crippen molar-refractivity contribution in [1.29, 1.82) is 0 Å². The molecule has 110 valence electrons. The number of hydrogen-bond acceptors (Lipinski definition) is 3. The summed E-state index contributed by atoms with van der Waals surface area (Å²) in [5, 5.41) is 0. The van der Waals surface area contributed by atoms with Gasteiger partial charge >= 0.3 is 0 Å². The van der Waals surface area contributed by atoms with E-state index in [4.69, 9.17) is 4.74 Å². The van der Waals surface area contributed by atoms with Gasteiger partial charge in [0.15, 0.2) is 5.78 Å². The number of hydrogen-bond donors (Lipinski definition) is 0. The molecule has 20 heavy (non-hydrogen) atoms. The summed E-state index contributed by atoms with van der Waals surface area (Å²) in [5.74, 6) is 1.15. The minimum atomic E-state index is -0.423. The number of fused-ring (bicyclic) bond motifs is 1. The number of carbonyl (C=O) groups is 1. The van der Waals surface area contributed by atoms with E-state index in [9.17, 15) is 4.79 Å². The van der Waals surface area contributed by atoms with Gasteiger partial charge in [0.1, 0.15) is 5.75 Å². The lowest BCUT2D eigenvalue weighted by atomic mass is 9.87. The van der Waals surface area contributed by atoms with Crippen LogP contribution >= 0.6 is 15.9 Å². The molecule has 0 amide bonds. The Hall–Kier alpha value is -0.870. The van der Waals surface area contributed by atoms with E-state index in [0.717, 1.165) is 28.6 Å². The third kappa shape index (κ3) is 2.77. The zero-order valence-corrected chi connectivity index (χ0v) is 14.2. The first-order chi connectivity index (χ1) is 9.38. The molecule has 1 atom stereocenters. The number of carbonyl (C=O) groups excluding carboxylic acids is 1. The molecule has 1 heterocycles. The Kier molecular flexibility index (Phi) is 4.55. The molecule has 0 radical (unpaired) electrons. The third-order valence-electron chi connectivity index (χ3n) is 4.45. The molecule has 0 saturated heterocycles. The Morgan fingerprint density at radius 1 is 1.45 bits per heavy atom. The molecular weight excluding hydrogens is 318 g/mol. The summed E-state index contributed by atoms with van der Waals surface area (Å²) in [6, 6.07) is 4.09. The lowest BCUT2D eigenvalue weighted by Gasteiger charge is -2.34. The summed E-state index contributed by atoms with van der Waals surface area (Å²) < 4.78 is 6.73. The lowest BCUT2D eigenvalue weighted by molar-refractivity contribution is -0.128. The van der Waals surface area contributed by atoms with Gasteiger partial charge in [-0.25, -0.2) is 0 Å². The minimum absolute atomic E-state index is 0.237. The number of nitrogens with zero attached hydrogens (tertiary/aromatic N) is 1. The van der Waals surface area contributed by atoms with Crippen LogP contribution in [-0.4, -0.2) is 36.9 Å². The smallest absolute Gasteiger partial charge is 0.157 e. The molecule has 0 aliphatic carbocycles. The van der Waals surface area contributed by atoms with Crippen LogP contribution in [0.25, 0.3) is 0 Å². The van der Waals surface area contributed by atoms with Crippen molar-refractivity contribution < 1.29 is 9.53 Å². The van der Waals surface area contributed by atoms with Crippen LogP contribution in [0.4, 0.5) is 0 Å². The molecule has 1 aromatic rings. The highest BCUT2D eigenvalue weighted by molar-refractivity contribution is 9.10. The molecule has 0 aromatic heterocycles. The van der Waals surface area contributed by atoms with Crippen LogP contribution in [-0.2, 0) is 17.6 Å². The second-order valence-electron chi connectivity index (χ2n) is 5.77. The van der Waals surface area contributed by atoms with E-state index in [0.29, 0.717) is 13.0 Å². The first kappa shape index (κ1) is 15.5. The predicted octanol–water partition coefficient (Wildman–Crippen LogP) is 3.23. The molecule has 0 N–H and O–H groups in total. The van der Waals surface area contributed by atoms with Crippen LogP contribution in [0.1, 0.15) is 31.4 Å². The number of rotatable bonds is 5. The number of ether oxygens (including phenoxy) is 1. The number of ketones is 1. The molecule has 1 aromatic carbocycles. The average molecular weight is 340 g/mol. The average Bonchev–Trinajstić information content (AvgIpc) is 2.85. The number of Topliss-reactive ketones (excluding diaryl/α,β-unsaturated/α-hetero) is 1. The number of halogens is 1. The fraction of sp³-hybridized carbons (Fsp3) is 0.562. The maximum absolute atomic E-state index is 12.7. The molecule has 1 aliphatic heterocycles. The van der Waals surface area contributed by atoms with Crippen LogP contribution in [0.15, 0.2) is 16.6 Å². The fourth-order valence-corrected chi connectivity index (χ4v) is 3.16. The molecular formula is C16H22BrNO2. The largest absolute Gasteiger partial charge is 0.493 e. The summed E-state index contributed by atoms with van der Waals surface area (Å²) >= 11 is 3.52. The SMILES string of the molecule is CCC(C)(C(=O)Cc1cc(Br)cc2c1OCC2)N(C)C. The van der Waals surface area contributed by atoms with E-state index in [1.807, 2.05) is 32.0 Å². The molecule has 2 rings (SSSR count). The van der Waals surface area contributed by atoms with Gasteiger partial charge in [-0.05, 0) is 45.1 Å². The van der Waals surface area contributed by atoms with E-state index >= 15 is 0 Å². The first-order valence-corrected chi connectivity index (χ1v) is 7.82. The van der Waals surface area contributed by atoms with Gasteiger partial charge in [0.25, 0.3) is 0 Å². The van der Waals surface area contributed by atoms with Crippen molar-refractivity contribution in [3.05, 3.63) is 27.7 Å². The van der Waals surface area contributed by atoms with Crippen LogP contribution in [0, 0.1) is 0 Å². The van der Waals surface area contributed by atoms with E-state index in [1.54, 1.807) is 0 Å². The fourth-order valence-electron chi connectivity index (χ4n) is 2.60. The summed E-state index contributed by atoms with van der Waals surface area (Å²) in [6.07, 6.45) is 2.15. The Balaban J connectivity index is 2.29. The quantitative estimate of drug-likeness (QED) is 0.824. The van der Waals surface area contributed by atoms with Crippen molar-refractivity contribution in [2.45, 2.75) is 38.6 Å². The van der Waals surface area contributed by atoms with Crippen LogP contribution < -0.4 is 4.74 Å².